The van der Waals surface area contributed by atoms with E-state index in [-0.39, 0.29) is 0 Å². The van der Waals surface area contributed by atoms with Crippen molar-refractivity contribution in [3.8, 4) is 5.75 Å². The maximum Gasteiger partial charge on any atom is 0.332 e. The number of carboxylic acid groups (broad SMARTS) is 1. The van der Waals surface area contributed by atoms with E-state index < -0.39 is 12.1 Å². The Morgan fingerprint density at radius 3 is 2.48 bits per heavy atom. The highest BCUT2D eigenvalue weighted by atomic mass is 16.5. The number of ether oxygens (including phenoxy) is 1. The Balaban J connectivity index is 0.000000326. The molecule has 0 saturated carbocycles. The summed E-state index contributed by atoms with van der Waals surface area (Å²) in [5, 5.41) is 17.7. The summed E-state index contributed by atoms with van der Waals surface area (Å²) >= 11 is 0. The Morgan fingerprint density at radius 2 is 1.88 bits per heavy atom. The number of nitrogen functional groups attached to an aromatic ring is 2. The fraction of sp³-hybridized carbons (Fsp3) is 0.222. The average Bonchev–Trinajstić information content (AvgIpc) is 2.54. The molecule has 0 aliphatic rings. The molecule has 0 amide bonds. The van der Waals surface area contributed by atoms with E-state index >= 15 is 0 Å². The number of aliphatic carboxylic acids is 1. The third-order valence-corrected chi connectivity index (χ3v) is 3.42. The average molecular weight is 343 g/mol. The van der Waals surface area contributed by atoms with E-state index in [2.05, 4.69) is 4.98 Å². The first kappa shape index (κ1) is 18.3. The number of hydrogen-bond donors (Lipinski definition) is 4. The molecule has 25 heavy (non-hydrogen) atoms. The third-order valence-electron chi connectivity index (χ3n) is 3.42. The Morgan fingerprint density at radius 1 is 1.20 bits per heavy atom. The van der Waals surface area contributed by atoms with Crippen molar-refractivity contribution >= 4 is 39.1 Å². The van der Waals surface area contributed by atoms with Gasteiger partial charge in [0.1, 0.15) is 11.9 Å². The molecule has 1 heterocycles. The summed E-state index contributed by atoms with van der Waals surface area (Å²) in [4.78, 5) is 14.0. The zero-order chi connectivity index (χ0) is 18.6. The molecule has 1 unspecified atom stereocenters. The molecule has 6 N–H and O–H groups in total. The quantitative estimate of drug-likeness (QED) is 0.424. The zero-order valence-electron chi connectivity index (χ0n) is 14.1. The predicted molar refractivity (Wildman–Crippen MR) is 98.6 cm³/mol. The van der Waals surface area contributed by atoms with Gasteiger partial charge in [-0.1, -0.05) is 0 Å². The molecule has 0 aliphatic heterocycles. The van der Waals surface area contributed by atoms with Gasteiger partial charge in [0.05, 0.1) is 17.6 Å². The minimum Gasteiger partial charge on any atom is -0.494 e. The molecule has 0 bridgehead atoms. The van der Waals surface area contributed by atoms with E-state index in [0.717, 1.165) is 27.6 Å². The fourth-order valence-corrected chi connectivity index (χ4v) is 2.22. The second-order valence-corrected chi connectivity index (χ2v) is 5.47. The van der Waals surface area contributed by atoms with E-state index in [9.17, 15) is 4.79 Å². The minimum atomic E-state index is -1.23. The van der Waals surface area contributed by atoms with Crippen LogP contribution in [-0.4, -0.2) is 33.9 Å². The van der Waals surface area contributed by atoms with Crippen LogP contribution < -0.4 is 16.2 Å². The smallest absolute Gasteiger partial charge is 0.332 e. The lowest BCUT2D eigenvalue weighted by atomic mass is 10.1. The number of hydrogen-bond acceptors (Lipinski definition) is 6. The predicted octanol–water partition coefficient (Wildman–Crippen LogP) is 2.40. The highest BCUT2D eigenvalue weighted by Crippen LogP contribution is 2.28. The van der Waals surface area contributed by atoms with Gasteiger partial charge in [-0.3, -0.25) is 0 Å². The molecular weight excluding hydrogens is 322 g/mol. The Bertz CT molecular complexity index is 910. The van der Waals surface area contributed by atoms with Gasteiger partial charge in [0.15, 0.2) is 0 Å². The van der Waals surface area contributed by atoms with Crippen LogP contribution >= 0.6 is 0 Å². The molecule has 3 aromatic rings. The molecule has 1 aromatic heterocycles. The lowest BCUT2D eigenvalue weighted by molar-refractivity contribution is -0.145. The van der Waals surface area contributed by atoms with Crippen LogP contribution in [0.25, 0.3) is 21.8 Å². The van der Waals surface area contributed by atoms with Gasteiger partial charge in [0, 0.05) is 22.1 Å². The van der Waals surface area contributed by atoms with Crippen LogP contribution in [-0.2, 0) is 4.79 Å². The second kappa shape index (κ2) is 7.67. The molecule has 7 heteroatoms. The van der Waals surface area contributed by atoms with E-state index in [0.29, 0.717) is 18.0 Å². The molecule has 3 rings (SSSR count). The molecule has 0 fully saturated rings. The fourth-order valence-electron chi connectivity index (χ4n) is 2.22. The standard InChI is InChI=1S/C15H15N3O.C3H6O3/c1-2-19-11-3-4-14-9(5-11)6-12-13(17)7-10(16)8-15(12)18-14;1-2(4)3(5)6/h3-8H,2,16-17H2,1H3;2,4H,1H3,(H,5,6). The van der Waals surface area contributed by atoms with Crippen LogP contribution in [0.1, 0.15) is 13.8 Å². The lowest BCUT2D eigenvalue weighted by Gasteiger charge is -2.08. The van der Waals surface area contributed by atoms with Gasteiger partial charge >= 0.3 is 5.97 Å². The van der Waals surface area contributed by atoms with E-state index in [1.165, 1.54) is 6.92 Å². The number of nitrogens with two attached hydrogens (primary N) is 2. The number of pyridine rings is 1. The molecule has 0 aliphatic carbocycles. The maximum atomic E-state index is 9.45. The normalized spacial score (nSPS) is 11.6. The summed E-state index contributed by atoms with van der Waals surface area (Å²) < 4.78 is 5.50. The van der Waals surface area contributed by atoms with E-state index in [1.807, 2.05) is 37.3 Å². The number of carbonyl (C=O) groups is 1. The van der Waals surface area contributed by atoms with Crippen molar-refractivity contribution in [2.24, 2.45) is 0 Å². The van der Waals surface area contributed by atoms with Gasteiger partial charge in [0.25, 0.3) is 0 Å². The molecule has 0 radical (unpaired) electrons. The minimum absolute atomic E-state index is 0.628. The summed E-state index contributed by atoms with van der Waals surface area (Å²) in [6.07, 6.45) is -1.23. The summed E-state index contributed by atoms with van der Waals surface area (Å²) in [5.74, 6) is -0.347. The number of nitrogens with zero attached hydrogens (tertiary/aromatic N) is 1. The van der Waals surface area contributed by atoms with Crippen molar-refractivity contribution in [3.05, 3.63) is 36.4 Å². The van der Waals surface area contributed by atoms with Crippen LogP contribution in [0.5, 0.6) is 5.75 Å². The Labute approximate surface area is 144 Å². The number of fused-ring (bicyclic) bond motifs is 2. The number of aliphatic hydroxyl groups is 1. The molecular formula is C18H21N3O4. The number of rotatable bonds is 3. The van der Waals surface area contributed by atoms with Crippen LogP contribution in [0.4, 0.5) is 11.4 Å². The van der Waals surface area contributed by atoms with Crippen LogP contribution in [0, 0.1) is 0 Å². The van der Waals surface area contributed by atoms with Crippen LogP contribution in [0.2, 0.25) is 0 Å². The summed E-state index contributed by atoms with van der Waals surface area (Å²) in [6.45, 7) is 3.80. The maximum absolute atomic E-state index is 9.45. The second-order valence-electron chi connectivity index (χ2n) is 5.47. The van der Waals surface area contributed by atoms with Crippen molar-refractivity contribution in [1.82, 2.24) is 4.98 Å². The molecule has 2 aromatic carbocycles. The highest BCUT2D eigenvalue weighted by molar-refractivity contribution is 6.00. The number of anilines is 2. The van der Waals surface area contributed by atoms with Gasteiger partial charge in [-0.15, -0.1) is 0 Å². The van der Waals surface area contributed by atoms with Crippen molar-refractivity contribution in [2.75, 3.05) is 18.1 Å². The molecule has 0 spiro atoms. The van der Waals surface area contributed by atoms with E-state index in [4.69, 9.17) is 26.4 Å². The van der Waals surface area contributed by atoms with Crippen molar-refractivity contribution in [3.63, 3.8) is 0 Å². The summed E-state index contributed by atoms with van der Waals surface area (Å²) in [6, 6.07) is 11.4. The monoisotopic (exact) mass is 343 g/mol. The first-order chi connectivity index (χ1) is 11.8. The first-order valence-electron chi connectivity index (χ1n) is 7.75. The zero-order valence-corrected chi connectivity index (χ0v) is 14.1. The van der Waals surface area contributed by atoms with Gasteiger partial charge in [-0.25, -0.2) is 9.78 Å². The topological polar surface area (TPSA) is 132 Å². The molecule has 1 atom stereocenters. The number of aliphatic hydroxyl groups excluding tert-OH is 1. The Hall–Kier alpha value is -3.06. The van der Waals surface area contributed by atoms with Crippen molar-refractivity contribution < 1.29 is 19.7 Å². The SMILES string of the molecule is CC(O)C(=O)O.CCOc1ccc2nc3cc(N)cc(N)c3cc2c1. The highest BCUT2D eigenvalue weighted by Gasteiger charge is 2.05. The molecule has 132 valence electrons. The molecule has 0 saturated heterocycles. The number of aromatic nitrogens is 1. The summed E-state index contributed by atoms with van der Waals surface area (Å²) in [7, 11) is 0. The number of benzene rings is 2. The van der Waals surface area contributed by atoms with Gasteiger partial charge in [-0.2, -0.15) is 0 Å². The lowest BCUT2D eigenvalue weighted by Crippen LogP contribution is -2.13. The van der Waals surface area contributed by atoms with E-state index in [1.54, 1.807) is 6.07 Å². The summed E-state index contributed by atoms with van der Waals surface area (Å²) in [5.41, 5.74) is 14.8. The van der Waals surface area contributed by atoms with Crippen molar-refractivity contribution in [2.45, 2.75) is 20.0 Å². The van der Waals surface area contributed by atoms with Crippen LogP contribution in [0.15, 0.2) is 36.4 Å². The van der Waals surface area contributed by atoms with Gasteiger partial charge < -0.3 is 26.4 Å². The van der Waals surface area contributed by atoms with Gasteiger partial charge in [-0.05, 0) is 50.2 Å². The van der Waals surface area contributed by atoms with Crippen molar-refractivity contribution in [1.29, 1.82) is 0 Å². The van der Waals surface area contributed by atoms with Crippen LogP contribution in [0.3, 0.4) is 0 Å². The number of carboxylic acids is 1. The first-order valence-corrected chi connectivity index (χ1v) is 7.75. The Kier molecular flexibility index (Phi) is 5.61. The molecule has 7 nitrogen and oxygen atoms in total. The third kappa shape index (κ3) is 4.48. The largest absolute Gasteiger partial charge is 0.494 e. The van der Waals surface area contributed by atoms with Gasteiger partial charge in [0.2, 0.25) is 0 Å².